The van der Waals surface area contributed by atoms with Crippen LogP contribution >= 0.6 is 0 Å². The number of rotatable bonds is 3. The molecule has 0 fully saturated rings. The Bertz CT molecular complexity index is 217. The summed E-state index contributed by atoms with van der Waals surface area (Å²) in [6.45, 7) is 5.28. The van der Waals surface area contributed by atoms with E-state index in [-0.39, 0.29) is 7.69 Å². The molecule has 0 aromatic heterocycles. The maximum atomic E-state index is 7.00. The van der Waals surface area contributed by atoms with Crippen LogP contribution in [0.2, 0.25) is 0 Å². The summed E-state index contributed by atoms with van der Waals surface area (Å²) in [7, 11) is 0. The van der Waals surface area contributed by atoms with E-state index in [0.29, 0.717) is 6.04 Å². The predicted molar refractivity (Wildman–Crippen MR) is 58.6 cm³/mol. The van der Waals surface area contributed by atoms with E-state index >= 15 is 0 Å². The zero-order chi connectivity index (χ0) is 10.8. The van der Waals surface area contributed by atoms with Crippen molar-refractivity contribution in [3.05, 3.63) is 35.9 Å². The Morgan fingerprint density at radius 3 is 2.14 bits per heavy atom. The van der Waals surface area contributed by atoms with Crippen molar-refractivity contribution in [1.29, 1.82) is 0 Å². The summed E-state index contributed by atoms with van der Waals surface area (Å²) in [4.78, 5) is 0. The fourth-order valence-corrected chi connectivity index (χ4v) is 0.918. The van der Waals surface area contributed by atoms with E-state index in [9.17, 15) is 0 Å². The number of nitrogens with one attached hydrogen (secondary N) is 1. The summed E-state index contributed by atoms with van der Waals surface area (Å²) in [6.07, 6.45) is 0. The van der Waals surface area contributed by atoms with Crippen molar-refractivity contribution in [2.24, 2.45) is 0 Å². The second-order valence-corrected chi connectivity index (χ2v) is 3.14. The van der Waals surface area contributed by atoms with Gasteiger partial charge in [0.2, 0.25) is 0 Å². The third-order valence-electron chi connectivity index (χ3n) is 1.56. The summed E-state index contributed by atoms with van der Waals surface area (Å²) >= 11 is 0. The molecular weight excluding hydrogens is 177 g/mol. The van der Waals surface area contributed by atoms with Crippen LogP contribution in [0.25, 0.3) is 0 Å². The zero-order valence-electron chi connectivity index (χ0n) is 8.64. The van der Waals surface area contributed by atoms with Crippen LogP contribution in [0, 0.1) is 0 Å². The van der Waals surface area contributed by atoms with Crippen molar-refractivity contribution >= 4 is 7.69 Å². The minimum absolute atomic E-state index is 0. The first kappa shape index (κ1) is 13.2. The van der Waals surface area contributed by atoms with Gasteiger partial charge in [-0.3, -0.25) is 0 Å². The maximum Gasteiger partial charge on any atom is 0.482 e. The van der Waals surface area contributed by atoms with Crippen molar-refractivity contribution in [2.75, 3.05) is 0 Å². The predicted octanol–water partition coefficient (Wildman–Crippen LogP) is 0.690. The van der Waals surface area contributed by atoms with Gasteiger partial charge in [-0.2, -0.15) is 0 Å². The number of hydrogen-bond donors (Lipinski definition) is 3. The lowest BCUT2D eigenvalue weighted by Gasteiger charge is -2.06. The van der Waals surface area contributed by atoms with E-state index in [1.54, 1.807) is 0 Å². The molecule has 0 aliphatic rings. The quantitative estimate of drug-likeness (QED) is 0.620. The Balaban J connectivity index is 0.000000500. The first-order valence-corrected chi connectivity index (χ1v) is 4.58. The first-order chi connectivity index (χ1) is 6.70. The molecule has 1 rings (SSSR count). The molecule has 1 aromatic rings. The van der Waals surface area contributed by atoms with E-state index in [4.69, 9.17) is 10.0 Å². The summed E-state index contributed by atoms with van der Waals surface area (Å²) < 4.78 is 0. The monoisotopic (exact) mass is 194 g/mol. The maximum absolute atomic E-state index is 7.00. The van der Waals surface area contributed by atoms with E-state index in [1.165, 1.54) is 5.56 Å². The van der Waals surface area contributed by atoms with E-state index < -0.39 is 0 Å². The van der Waals surface area contributed by atoms with Gasteiger partial charge in [0.05, 0.1) is 0 Å². The lowest BCUT2D eigenvalue weighted by atomic mass is 10.2. The fraction of sp³-hybridized carbons (Fsp3) is 0.400. The molecule has 0 unspecified atom stereocenters. The van der Waals surface area contributed by atoms with Crippen molar-refractivity contribution < 1.29 is 10.0 Å². The molecular formula is C10H17BNO2. The van der Waals surface area contributed by atoms with E-state index in [1.807, 2.05) is 6.07 Å². The van der Waals surface area contributed by atoms with Gasteiger partial charge in [-0.1, -0.05) is 44.2 Å². The third-order valence-corrected chi connectivity index (χ3v) is 1.56. The molecule has 0 amide bonds. The highest BCUT2D eigenvalue weighted by Crippen LogP contribution is 1.97. The molecule has 0 aliphatic heterocycles. The summed E-state index contributed by atoms with van der Waals surface area (Å²) in [5.41, 5.74) is 1.35. The average molecular weight is 194 g/mol. The van der Waals surface area contributed by atoms with Gasteiger partial charge in [-0.05, 0) is 5.56 Å². The highest BCUT2D eigenvalue weighted by Gasteiger charge is 1.92. The lowest BCUT2D eigenvalue weighted by Crippen LogP contribution is -2.21. The summed E-state index contributed by atoms with van der Waals surface area (Å²) in [6, 6.07) is 11.0. The molecule has 0 heterocycles. The van der Waals surface area contributed by atoms with Crippen LogP contribution in [-0.2, 0) is 6.54 Å². The van der Waals surface area contributed by atoms with Gasteiger partial charge in [-0.25, -0.2) is 0 Å². The molecule has 0 aliphatic carbocycles. The highest BCUT2D eigenvalue weighted by molar-refractivity contribution is 6.13. The summed E-state index contributed by atoms with van der Waals surface area (Å²) in [5.74, 6) is 0. The van der Waals surface area contributed by atoms with Gasteiger partial charge in [-0.15, -0.1) is 0 Å². The van der Waals surface area contributed by atoms with E-state index in [2.05, 4.69) is 43.4 Å². The van der Waals surface area contributed by atoms with Crippen LogP contribution in [0.15, 0.2) is 30.3 Å². The minimum Gasteiger partial charge on any atom is -0.429 e. The van der Waals surface area contributed by atoms with Gasteiger partial charge in [0.1, 0.15) is 0 Å². The topological polar surface area (TPSA) is 52.5 Å². The van der Waals surface area contributed by atoms with Crippen molar-refractivity contribution in [1.82, 2.24) is 5.32 Å². The standard InChI is InChI=1S/C10H15N.BH2O2/c1-9(2)11-8-10-6-4-3-5-7-10;2-1-3/h3-7,9,11H,8H2,1-2H3;2-3H. The van der Waals surface area contributed by atoms with Crippen molar-refractivity contribution in [3.63, 3.8) is 0 Å². The molecule has 4 heteroatoms. The summed E-state index contributed by atoms with van der Waals surface area (Å²) in [5, 5.41) is 17.4. The Kier molecular flexibility index (Phi) is 8.23. The Morgan fingerprint density at radius 1 is 1.21 bits per heavy atom. The van der Waals surface area contributed by atoms with Crippen molar-refractivity contribution in [3.8, 4) is 0 Å². The van der Waals surface area contributed by atoms with Crippen LogP contribution < -0.4 is 5.32 Å². The average Bonchev–Trinajstić information content (AvgIpc) is 2.18. The highest BCUT2D eigenvalue weighted by atomic mass is 16.4. The smallest absolute Gasteiger partial charge is 0.429 e. The lowest BCUT2D eigenvalue weighted by molar-refractivity contribution is 0.448. The van der Waals surface area contributed by atoms with Crippen LogP contribution in [0.4, 0.5) is 0 Å². The van der Waals surface area contributed by atoms with Gasteiger partial charge in [0.15, 0.2) is 0 Å². The molecule has 77 valence electrons. The first-order valence-electron chi connectivity index (χ1n) is 4.58. The molecule has 0 atom stereocenters. The third kappa shape index (κ3) is 7.80. The Hall–Kier alpha value is -0.835. The van der Waals surface area contributed by atoms with Crippen molar-refractivity contribution in [2.45, 2.75) is 26.4 Å². The van der Waals surface area contributed by atoms with E-state index in [0.717, 1.165) is 6.54 Å². The fourth-order valence-electron chi connectivity index (χ4n) is 0.918. The molecule has 1 aromatic carbocycles. The normalized spacial score (nSPS) is 9.21. The molecule has 3 nitrogen and oxygen atoms in total. The molecule has 14 heavy (non-hydrogen) atoms. The number of benzene rings is 1. The molecule has 0 spiro atoms. The van der Waals surface area contributed by atoms with Crippen LogP contribution in [0.3, 0.4) is 0 Å². The van der Waals surface area contributed by atoms with Crippen LogP contribution in [-0.4, -0.2) is 23.8 Å². The van der Waals surface area contributed by atoms with Gasteiger partial charge >= 0.3 is 7.69 Å². The number of hydrogen-bond acceptors (Lipinski definition) is 3. The van der Waals surface area contributed by atoms with Crippen LogP contribution in [0.1, 0.15) is 19.4 Å². The largest absolute Gasteiger partial charge is 0.482 e. The van der Waals surface area contributed by atoms with Gasteiger partial charge < -0.3 is 15.4 Å². The molecule has 0 saturated carbocycles. The second kappa shape index (κ2) is 8.75. The molecule has 1 radical (unpaired) electrons. The van der Waals surface area contributed by atoms with Gasteiger partial charge in [0, 0.05) is 12.6 Å². The minimum atomic E-state index is 0. The Labute approximate surface area is 86.1 Å². The van der Waals surface area contributed by atoms with Gasteiger partial charge in [0.25, 0.3) is 0 Å². The molecule has 3 N–H and O–H groups in total. The zero-order valence-corrected chi connectivity index (χ0v) is 8.64. The second-order valence-electron chi connectivity index (χ2n) is 3.14. The Morgan fingerprint density at radius 2 is 1.71 bits per heavy atom. The molecule has 0 saturated heterocycles. The SMILES string of the molecule is CC(C)NCc1ccccc1.O[B]O. The van der Waals surface area contributed by atoms with Crippen LogP contribution in [0.5, 0.6) is 0 Å². The molecule has 0 bridgehead atoms.